The van der Waals surface area contributed by atoms with Crippen molar-refractivity contribution >= 4 is 11.6 Å². The number of carbonyl (C=O) groups is 1. The second-order valence-electron chi connectivity index (χ2n) is 6.06. The summed E-state index contributed by atoms with van der Waals surface area (Å²) in [5.74, 6) is 0.169. The molecule has 0 spiro atoms. The molecule has 3 rings (SSSR count). The van der Waals surface area contributed by atoms with Crippen molar-refractivity contribution in [1.29, 1.82) is 0 Å². The molecule has 0 unspecified atom stereocenters. The normalized spacial score (nSPS) is 18.5. The number of nitrogens with zero attached hydrogens (tertiary/aromatic N) is 2. The lowest BCUT2D eigenvalue weighted by Gasteiger charge is -2.38. The first-order valence-corrected chi connectivity index (χ1v) is 8.03. The highest BCUT2D eigenvalue weighted by Gasteiger charge is 2.29. The summed E-state index contributed by atoms with van der Waals surface area (Å²) in [5.41, 5.74) is 2.35. The Kier molecular flexibility index (Phi) is 4.56. The van der Waals surface area contributed by atoms with Gasteiger partial charge in [0.2, 0.25) is 5.91 Å². The van der Waals surface area contributed by atoms with Crippen LogP contribution < -0.4 is 4.90 Å². The van der Waals surface area contributed by atoms with Gasteiger partial charge in [-0.15, -0.1) is 0 Å². The van der Waals surface area contributed by atoms with Crippen molar-refractivity contribution in [2.45, 2.75) is 38.1 Å². The highest BCUT2D eigenvalue weighted by atomic mass is 16.3. The number of aliphatic hydroxyl groups is 1. The second kappa shape index (κ2) is 6.58. The Morgan fingerprint density at radius 3 is 2.81 bits per heavy atom. The Morgan fingerprint density at radius 2 is 2.10 bits per heavy atom. The molecule has 1 amide bonds. The number of hydrogen-bond acceptors (Lipinski definition) is 3. The van der Waals surface area contributed by atoms with E-state index in [0.717, 1.165) is 37.9 Å². The fraction of sp³-hybridized carbons (Fsp3) is 0.588. The van der Waals surface area contributed by atoms with Crippen molar-refractivity contribution in [2.24, 2.45) is 0 Å². The number of anilines is 1. The summed E-state index contributed by atoms with van der Waals surface area (Å²) in [6, 6.07) is 8.69. The van der Waals surface area contributed by atoms with Gasteiger partial charge in [0.25, 0.3) is 0 Å². The van der Waals surface area contributed by atoms with Crippen molar-refractivity contribution in [1.82, 2.24) is 4.90 Å². The molecule has 0 bridgehead atoms. The molecule has 1 N–H and O–H groups in total. The predicted molar refractivity (Wildman–Crippen MR) is 83.4 cm³/mol. The van der Waals surface area contributed by atoms with Crippen LogP contribution >= 0.6 is 0 Å². The maximum atomic E-state index is 12.7. The Bertz CT molecular complexity index is 499. The number of aryl methyl sites for hydroxylation is 1. The van der Waals surface area contributed by atoms with Crippen LogP contribution in [0.5, 0.6) is 0 Å². The van der Waals surface area contributed by atoms with Gasteiger partial charge in [0.1, 0.15) is 0 Å². The standard InChI is InChI=1S/C17H24N2O2/c20-12-11-18(15-7-3-8-15)13-17(21)19-10-4-6-14-5-1-2-9-16(14)19/h1-2,5,9,15,20H,3-4,6-8,10-13H2. The highest BCUT2D eigenvalue weighted by molar-refractivity contribution is 5.96. The van der Waals surface area contributed by atoms with Crippen LogP contribution in [0.15, 0.2) is 24.3 Å². The second-order valence-corrected chi connectivity index (χ2v) is 6.06. The molecule has 1 aromatic rings. The maximum Gasteiger partial charge on any atom is 0.241 e. The van der Waals surface area contributed by atoms with Gasteiger partial charge in [0.05, 0.1) is 13.2 Å². The Labute approximate surface area is 126 Å². The summed E-state index contributed by atoms with van der Waals surface area (Å²) < 4.78 is 0. The minimum absolute atomic E-state index is 0.125. The lowest BCUT2D eigenvalue weighted by molar-refractivity contribution is -0.121. The average Bonchev–Trinajstić information content (AvgIpc) is 2.45. The zero-order valence-corrected chi connectivity index (χ0v) is 12.5. The molecule has 1 saturated carbocycles. The molecule has 0 saturated heterocycles. The predicted octanol–water partition coefficient (Wildman–Crippen LogP) is 1.81. The van der Waals surface area contributed by atoms with E-state index in [1.165, 1.54) is 12.0 Å². The number of benzene rings is 1. The van der Waals surface area contributed by atoms with Crippen LogP contribution in [0.4, 0.5) is 5.69 Å². The third-order valence-electron chi connectivity index (χ3n) is 4.73. The number of hydrogen-bond donors (Lipinski definition) is 1. The molecule has 0 radical (unpaired) electrons. The summed E-state index contributed by atoms with van der Waals surface area (Å²) in [6.07, 6.45) is 5.65. The molecule has 1 aliphatic carbocycles. The lowest BCUT2D eigenvalue weighted by Crippen LogP contribution is -2.49. The fourth-order valence-corrected chi connectivity index (χ4v) is 3.32. The van der Waals surface area contributed by atoms with E-state index in [1.54, 1.807) is 0 Å². The molecule has 1 fully saturated rings. The van der Waals surface area contributed by atoms with E-state index in [9.17, 15) is 9.90 Å². The smallest absolute Gasteiger partial charge is 0.241 e. The first-order chi connectivity index (χ1) is 10.3. The number of aliphatic hydroxyl groups excluding tert-OH is 1. The van der Waals surface area contributed by atoms with Crippen molar-refractivity contribution in [3.05, 3.63) is 29.8 Å². The van der Waals surface area contributed by atoms with E-state index >= 15 is 0 Å². The number of fused-ring (bicyclic) bond motifs is 1. The molecule has 2 aliphatic rings. The van der Waals surface area contributed by atoms with E-state index in [1.807, 2.05) is 23.1 Å². The minimum Gasteiger partial charge on any atom is -0.395 e. The molecule has 0 aromatic heterocycles. The molecule has 4 nitrogen and oxygen atoms in total. The number of carbonyl (C=O) groups excluding carboxylic acids is 1. The molecule has 1 aliphatic heterocycles. The Hall–Kier alpha value is -1.39. The number of amides is 1. The highest BCUT2D eigenvalue weighted by Crippen LogP contribution is 2.28. The average molecular weight is 288 g/mol. The van der Waals surface area contributed by atoms with Crippen LogP contribution in [0.2, 0.25) is 0 Å². The Morgan fingerprint density at radius 1 is 1.29 bits per heavy atom. The summed E-state index contributed by atoms with van der Waals surface area (Å²) in [6.45, 7) is 1.97. The van der Waals surface area contributed by atoms with Gasteiger partial charge >= 0.3 is 0 Å². The SMILES string of the molecule is O=C(CN(CCO)C1CCC1)N1CCCc2ccccc21. The van der Waals surface area contributed by atoms with Crippen LogP contribution in [0, 0.1) is 0 Å². The van der Waals surface area contributed by atoms with Crippen LogP contribution in [-0.4, -0.2) is 48.2 Å². The molecule has 1 heterocycles. The van der Waals surface area contributed by atoms with Crippen LogP contribution in [-0.2, 0) is 11.2 Å². The van der Waals surface area contributed by atoms with E-state index in [2.05, 4.69) is 11.0 Å². The van der Waals surface area contributed by atoms with Gasteiger partial charge in [-0.05, 0) is 37.3 Å². The summed E-state index contributed by atoms with van der Waals surface area (Å²) in [4.78, 5) is 16.8. The molecular weight excluding hydrogens is 264 g/mol. The van der Waals surface area contributed by atoms with Gasteiger partial charge in [0, 0.05) is 24.8 Å². The zero-order chi connectivity index (χ0) is 14.7. The molecule has 114 valence electrons. The first-order valence-electron chi connectivity index (χ1n) is 8.03. The maximum absolute atomic E-state index is 12.7. The minimum atomic E-state index is 0.125. The van der Waals surface area contributed by atoms with Crippen LogP contribution in [0.25, 0.3) is 0 Å². The van der Waals surface area contributed by atoms with E-state index in [0.29, 0.717) is 19.1 Å². The quantitative estimate of drug-likeness (QED) is 0.898. The van der Waals surface area contributed by atoms with Crippen LogP contribution in [0.1, 0.15) is 31.2 Å². The summed E-state index contributed by atoms with van der Waals surface area (Å²) in [5, 5.41) is 9.22. The number of rotatable bonds is 5. The monoisotopic (exact) mass is 288 g/mol. The summed E-state index contributed by atoms with van der Waals surface area (Å²) >= 11 is 0. The lowest BCUT2D eigenvalue weighted by atomic mass is 9.91. The molecule has 0 atom stereocenters. The van der Waals surface area contributed by atoms with Gasteiger partial charge in [-0.1, -0.05) is 24.6 Å². The van der Waals surface area contributed by atoms with E-state index < -0.39 is 0 Å². The van der Waals surface area contributed by atoms with Gasteiger partial charge in [-0.3, -0.25) is 9.69 Å². The van der Waals surface area contributed by atoms with Crippen molar-refractivity contribution in [3.8, 4) is 0 Å². The van der Waals surface area contributed by atoms with Gasteiger partial charge in [0.15, 0.2) is 0 Å². The topological polar surface area (TPSA) is 43.8 Å². The molecule has 21 heavy (non-hydrogen) atoms. The van der Waals surface area contributed by atoms with Crippen molar-refractivity contribution in [2.75, 3.05) is 31.1 Å². The third-order valence-corrected chi connectivity index (χ3v) is 4.73. The van der Waals surface area contributed by atoms with E-state index in [-0.39, 0.29) is 12.5 Å². The largest absolute Gasteiger partial charge is 0.395 e. The van der Waals surface area contributed by atoms with Gasteiger partial charge in [-0.2, -0.15) is 0 Å². The molecule has 1 aromatic carbocycles. The zero-order valence-electron chi connectivity index (χ0n) is 12.5. The fourth-order valence-electron chi connectivity index (χ4n) is 3.32. The Balaban J connectivity index is 1.70. The van der Waals surface area contributed by atoms with Gasteiger partial charge in [-0.25, -0.2) is 0 Å². The summed E-state index contributed by atoms with van der Waals surface area (Å²) in [7, 11) is 0. The van der Waals surface area contributed by atoms with Crippen LogP contribution in [0.3, 0.4) is 0 Å². The van der Waals surface area contributed by atoms with Crippen molar-refractivity contribution < 1.29 is 9.90 Å². The van der Waals surface area contributed by atoms with Gasteiger partial charge < -0.3 is 10.0 Å². The first kappa shape index (κ1) is 14.5. The van der Waals surface area contributed by atoms with E-state index in [4.69, 9.17) is 0 Å². The third kappa shape index (κ3) is 3.11. The number of para-hydroxylation sites is 1. The van der Waals surface area contributed by atoms with Crippen molar-refractivity contribution in [3.63, 3.8) is 0 Å². The molecular formula is C17H24N2O2. The molecule has 4 heteroatoms.